The van der Waals surface area contributed by atoms with Gasteiger partial charge in [0.25, 0.3) is 0 Å². The van der Waals surface area contributed by atoms with E-state index >= 15 is 0 Å². The summed E-state index contributed by atoms with van der Waals surface area (Å²) in [5.74, 6) is -0.901. The Morgan fingerprint density at radius 3 is 1.03 bits per heavy atom. The third-order valence-corrected chi connectivity index (χ3v) is 15.6. The van der Waals surface area contributed by atoms with Crippen molar-refractivity contribution in [1.82, 2.24) is 0 Å². The summed E-state index contributed by atoms with van der Waals surface area (Å²) in [7, 11) is 0. The zero-order chi connectivity index (χ0) is 55.3. The molecule has 2 saturated heterocycles. The molecule has 0 radical (unpaired) electrons. The van der Waals surface area contributed by atoms with Crippen LogP contribution in [0.5, 0.6) is 0 Å². The van der Waals surface area contributed by atoms with E-state index in [4.69, 9.17) is 28.4 Å². The molecule has 2 fully saturated rings. The van der Waals surface area contributed by atoms with Gasteiger partial charge in [-0.1, -0.05) is 258 Å². The number of hydrogen-bond acceptors (Lipinski definition) is 15. The number of hydrogen-bond donors (Lipinski definition) is 7. The Balaban J connectivity index is 1.69. The molecule has 2 aliphatic rings. The second-order valence-corrected chi connectivity index (χ2v) is 22.6. The van der Waals surface area contributed by atoms with E-state index in [0.717, 1.165) is 38.5 Å². The van der Waals surface area contributed by atoms with Crippen LogP contribution in [0.3, 0.4) is 0 Å². The Morgan fingerprint density at radius 2 is 0.671 bits per heavy atom. The fourth-order valence-electron chi connectivity index (χ4n) is 10.5. The third-order valence-electron chi connectivity index (χ3n) is 15.6. The van der Waals surface area contributed by atoms with Crippen molar-refractivity contribution < 1.29 is 73.8 Å². The van der Waals surface area contributed by atoms with Gasteiger partial charge in [0, 0.05) is 12.8 Å². The Labute approximate surface area is 461 Å². The highest BCUT2D eigenvalue weighted by Crippen LogP contribution is 2.27. The molecule has 450 valence electrons. The number of aliphatic hydroxyl groups excluding tert-OH is 7. The van der Waals surface area contributed by atoms with Crippen molar-refractivity contribution in [3.05, 3.63) is 0 Å². The number of aliphatic hydroxyl groups is 7. The first-order chi connectivity index (χ1) is 37.0. The molecule has 0 aromatic heterocycles. The highest BCUT2D eigenvalue weighted by Gasteiger charge is 2.47. The van der Waals surface area contributed by atoms with Gasteiger partial charge in [-0.25, -0.2) is 0 Å². The number of carbonyl (C=O) groups is 2. The van der Waals surface area contributed by atoms with E-state index in [1.54, 1.807) is 0 Å². The first-order valence-corrected chi connectivity index (χ1v) is 31.6. The molecule has 0 saturated carbocycles. The van der Waals surface area contributed by atoms with Crippen molar-refractivity contribution >= 4 is 11.9 Å². The molecule has 2 heterocycles. The van der Waals surface area contributed by atoms with Gasteiger partial charge in [-0.2, -0.15) is 0 Å². The highest BCUT2D eigenvalue weighted by atomic mass is 16.7. The van der Waals surface area contributed by atoms with Crippen LogP contribution in [0.25, 0.3) is 0 Å². The topological polar surface area (TPSA) is 231 Å². The average Bonchev–Trinajstić information content (AvgIpc) is 3.42. The molecule has 0 aromatic carbocycles. The zero-order valence-corrected chi connectivity index (χ0v) is 48.3. The molecule has 2 rings (SSSR count). The first kappa shape index (κ1) is 70.6. The predicted octanol–water partition coefficient (Wildman–Crippen LogP) is 11.5. The van der Waals surface area contributed by atoms with Crippen molar-refractivity contribution in [1.29, 1.82) is 0 Å². The molecule has 76 heavy (non-hydrogen) atoms. The summed E-state index contributed by atoms with van der Waals surface area (Å²) in [6.45, 7) is 2.67. The Morgan fingerprint density at radius 1 is 0.368 bits per heavy atom. The molecule has 0 bridgehead atoms. The lowest BCUT2D eigenvalue weighted by Gasteiger charge is -2.42. The summed E-state index contributed by atoms with van der Waals surface area (Å²) < 4.78 is 33.8. The SMILES string of the molecule is CCCCCCCCCCCCCCCCCCCCCCCCCC(=O)OC[C@@H](CO[C@@H]1O[C@H](CO[C@@H]2O[C@H](CO)[C@H](O)C(O)C2O)[C@H](O)C(O)C1O)OC(=O)CCCCCCCCCCCCCCCCCCC. The minimum atomic E-state index is -1.76. The second kappa shape index (κ2) is 48.2. The largest absolute Gasteiger partial charge is 0.462 e. The quantitative estimate of drug-likeness (QED) is 0.0222. The summed E-state index contributed by atoms with van der Waals surface area (Å²) in [4.78, 5) is 26.0. The summed E-state index contributed by atoms with van der Waals surface area (Å²) in [6, 6.07) is 0. The van der Waals surface area contributed by atoms with Crippen LogP contribution in [0.15, 0.2) is 0 Å². The van der Waals surface area contributed by atoms with Crippen molar-refractivity contribution in [3.63, 3.8) is 0 Å². The van der Waals surface area contributed by atoms with Gasteiger partial charge in [0.1, 0.15) is 55.4 Å². The fraction of sp³-hybridized carbons (Fsp3) is 0.967. The van der Waals surface area contributed by atoms with Gasteiger partial charge < -0.3 is 64.2 Å². The van der Waals surface area contributed by atoms with E-state index in [2.05, 4.69) is 13.8 Å². The third kappa shape index (κ3) is 34.6. The molecule has 15 heteroatoms. The second-order valence-electron chi connectivity index (χ2n) is 22.6. The van der Waals surface area contributed by atoms with E-state index in [1.165, 1.54) is 205 Å². The molecule has 7 N–H and O–H groups in total. The Kier molecular flexibility index (Phi) is 44.8. The molecule has 0 spiro atoms. The molecular weight excluding hydrogens is 973 g/mol. The molecule has 4 unspecified atom stereocenters. The normalized spacial score (nSPS) is 24.2. The molecule has 15 nitrogen and oxygen atoms in total. The van der Waals surface area contributed by atoms with Crippen molar-refractivity contribution in [2.45, 2.75) is 351 Å². The minimum absolute atomic E-state index is 0.174. The maximum absolute atomic E-state index is 13.1. The molecule has 0 aromatic rings. The van der Waals surface area contributed by atoms with Gasteiger partial charge >= 0.3 is 11.9 Å². The van der Waals surface area contributed by atoms with Crippen LogP contribution in [0.2, 0.25) is 0 Å². The van der Waals surface area contributed by atoms with Crippen molar-refractivity contribution in [2.75, 3.05) is 26.4 Å². The molecule has 11 atom stereocenters. The summed E-state index contributed by atoms with van der Waals surface area (Å²) >= 11 is 0. The minimum Gasteiger partial charge on any atom is -0.462 e. The maximum atomic E-state index is 13.1. The van der Waals surface area contributed by atoms with Gasteiger partial charge in [-0.15, -0.1) is 0 Å². The van der Waals surface area contributed by atoms with Crippen molar-refractivity contribution in [3.8, 4) is 0 Å². The Bertz CT molecular complexity index is 1320. The summed E-state index contributed by atoms with van der Waals surface area (Å²) in [6.07, 6.45) is 34.1. The van der Waals surface area contributed by atoms with Crippen LogP contribution in [-0.4, -0.2) is 142 Å². The summed E-state index contributed by atoms with van der Waals surface area (Å²) in [5, 5.41) is 72.4. The van der Waals surface area contributed by atoms with E-state index < -0.39 is 92.7 Å². The van der Waals surface area contributed by atoms with Crippen LogP contribution in [0.4, 0.5) is 0 Å². The predicted molar refractivity (Wildman–Crippen MR) is 298 cm³/mol. The maximum Gasteiger partial charge on any atom is 0.306 e. The molecular formula is C61H116O15. The standard InChI is InChI=1S/C61H116O15/c1-3-5-7-9-11-13-15-17-19-21-22-23-24-25-26-28-29-31-33-35-37-39-41-43-52(63)71-46-49(74-53(64)44-42-40-38-36-34-32-30-27-20-18-16-14-12-10-8-6-4-2)47-72-60-59(70)57(68)55(66)51(76-60)48-73-61-58(69)56(67)54(65)50(45-62)75-61/h49-51,54-62,65-70H,3-48H2,1-2H3/t49-,50+,51+,54-,55-,56?,57?,58?,59?,60+,61+/m0/s1. The fourth-order valence-corrected chi connectivity index (χ4v) is 10.5. The lowest BCUT2D eigenvalue weighted by molar-refractivity contribution is -0.332. The van der Waals surface area contributed by atoms with Crippen LogP contribution < -0.4 is 0 Å². The molecule has 0 amide bonds. The lowest BCUT2D eigenvalue weighted by atomic mass is 9.98. The molecule has 0 aliphatic carbocycles. The number of carbonyl (C=O) groups excluding carboxylic acids is 2. The first-order valence-electron chi connectivity index (χ1n) is 31.6. The van der Waals surface area contributed by atoms with Gasteiger partial charge in [0.2, 0.25) is 0 Å². The number of rotatable bonds is 52. The van der Waals surface area contributed by atoms with Gasteiger partial charge in [-0.3, -0.25) is 9.59 Å². The van der Waals surface area contributed by atoms with Crippen LogP contribution in [0.1, 0.15) is 284 Å². The number of ether oxygens (including phenoxy) is 6. The van der Waals surface area contributed by atoms with E-state index in [-0.39, 0.29) is 26.1 Å². The smallest absolute Gasteiger partial charge is 0.306 e. The zero-order valence-electron chi connectivity index (χ0n) is 48.3. The van der Waals surface area contributed by atoms with Gasteiger partial charge in [-0.05, 0) is 12.8 Å². The van der Waals surface area contributed by atoms with E-state index in [1.807, 2.05) is 0 Å². The van der Waals surface area contributed by atoms with Crippen LogP contribution in [0, 0.1) is 0 Å². The van der Waals surface area contributed by atoms with Gasteiger partial charge in [0.15, 0.2) is 18.7 Å². The van der Waals surface area contributed by atoms with Gasteiger partial charge in [0.05, 0.1) is 19.8 Å². The monoisotopic (exact) mass is 1090 g/mol. The van der Waals surface area contributed by atoms with Crippen LogP contribution in [-0.2, 0) is 38.0 Å². The number of esters is 2. The van der Waals surface area contributed by atoms with Crippen molar-refractivity contribution in [2.24, 2.45) is 0 Å². The van der Waals surface area contributed by atoms with E-state index in [9.17, 15) is 45.3 Å². The van der Waals surface area contributed by atoms with Crippen LogP contribution >= 0.6 is 0 Å². The van der Waals surface area contributed by atoms with E-state index in [0.29, 0.717) is 12.8 Å². The molecule has 2 aliphatic heterocycles. The lowest BCUT2D eigenvalue weighted by Crippen LogP contribution is -2.61. The number of unbranched alkanes of at least 4 members (excludes halogenated alkanes) is 38. The highest BCUT2D eigenvalue weighted by molar-refractivity contribution is 5.70. The Hall–Kier alpha value is -1.50. The average molecular weight is 1090 g/mol. The summed E-state index contributed by atoms with van der Waals surface area (Å²) in [5.41, 5.74) is 0.